The van der Waals surface area contributed by atoms with Crippen molar-refractivity contribution in [2.75, 3.05) is 5.75 Å². The fraction of sp³-hybridized carbons (Fsp3) is 0.0741. The highest BCUT2D eigenvalue weighted by Crippen LogP contribution is 2.31. The Hall–Kier alpha value is -4.06. The van der Waals surface area contributed by atoms with Crippen LogP contribution in [0.15, 0.2) is 90.0 Å². The van der Waals surface area contributed by atoms with E-state index in [9.17, 15) is 13.7 Å². The minimum absolute atomic E-state index is 0.0384. The van der Waals surface area contributed by atoms with E-state index >= 15 is 0 Å². The van der Waals surface area contributed by atoms with Crippen LogP contribution in [0.3, 0.4) is 0 Å². The van der Waals surface area contributed by atoms with Gasteiger partial charge in [-0.15, -0.1) is 11.3 Å². The first-order valence-electron chi connectivity index (χ1n) is 10.9. The maximum atomic E-state index is 12.2. The molecule has 0 saturated heterocycles. The minimum Gasteiger partial charge on any atom is -0.240 e. The van der Waals surface area contributed by atoms with E-state index in [1.165, 1.54) is 11.3 Å². The van der Waals surface area contributed by atoms with Gasteiger partial charge in [0, 0.05) is 17.3 Å². The smallest absolute Gasteiger partial charge is 0.178 e. The second-order valence-corrected chi connectivity index (χ2v) is 11.1. The van der Waals surface area contributed by atoms with Gasteiger partial charge >= 0.3 is 0 Å². The highest BCUT2D eigenvalue weighted by atomic mass is 32.2. The summed E-state index contributed by atoms with van der Waals surface area (Å²) >= 11 is 1.47. The molecule has 6 nitrogen and oxygen atoms in total. The van der Waals surface area contributed by atoms with Crippen LogP contribution < -0.4 is 0 Å². The van der Waals surface area contributed by atoms with E-state index in [2.05, 4.69) is 11.1 Å². The number of fused-ring (bicyclic) bond motifs is 1. The fourth-order valence-electron chi connectivity index (χ4n) is 3.70. The monoisotopic (exact) mass is 496 g/mol. The van der Waals surface area contributed by atoms with Gasteiger partial charge in [0.2, 0.25) is 0 Å². The highest BCUT2D eigenvalue weighted by Gasteiger charge is 2.16. The number of thiazole rings is 1. The predicted molar refractivity (Wildman–Crippen MR) is 140 cm³/mol. The van der Waals surface area contributed by atoms with Crippen LogP contribution in [-0.2, 0) is 9.84 Å². The van der Waals surface area contributed by atoms with Crippen LogP contribution in [0.5, 0.6) is 0 Å². The second-order valence-electron chi connectivity index (χ2n) is 7.80. The van der Waals surface area contributed by atoms with Gasteiger partial charge in [-0.3, -0.25) is 0 Å². The first kappa shape index (κ1) is 22.7. The van der Waals surface area contributed by atoms with Crippen molar-refractivity contribution in [1.82, 2.24) is 14.8 Å². The summed E-state index contributed by atoms with van der Waals surface area (Å²) < 4.78 is 27.3. The number of sulfone groups is 1. The van der Waals surface area contributed by atoms with Crippen molar-refractivity contribution in [1.29, 1.82) is 5.26 Å². The zero-order valence-corrected chi connectivity index (χ0v) is 20.4. The summed E-state index contributed by atoms with van der Waals surface area (Å²) in [5.74, 6) is 0.0384. The SMILES string of the molecule is CCS(=O)(=O)c1ccc(-c2nn(-c3ccccc3)cc2C=C(C#N)c2nc3ccccc3s2)cc1. The molecule has 5 aromatic rings. The normalized spacial score (nSPS) is 12.1. The molecule has 172 valence electrons. The minimum atomic E-state index is -3.30. The average molecular weight is 497 g/mol. The zero-order chi connectivity index (χ0) is 24.4. The number of hydrogen-bond acceptors (Lipinski definition) is 6. The molecule has 35 heavy (non-hydrogen) atoms. The molecular formula is C27H20N4O2S2. The van der Waals surface area contributed by atoms with Crippen LogP contribution in [0, 0.1) is 11.3 Å². The Bertz CT molecular complexity index is 1660. The quantitative estimate of drug-likeness (QED) is 0.269. The molecule has 0 saturated carbocycles. The van der Waals surface area contributed by atoms with E-state index in [-0.39, 0.29) is 10.6 Å². The lowest BCUT2D eigenvalue weighted by atomic mass is 10.1. The topological polar surface area (TPSA) is 88.6 Å². The van der Waals surface area contributed by atoms with Crippen LogP contribution in [0.4, 0.5) is 0 Å². The van der Waals surface area contributed by atoms with Crippen LogP contribution in [0.2, 0.25) is 0 Å². The van der Waals surface area contributed by atoms with Gasteiger partial charge < -0.3 is 0 Å². The van der Waals surface area contributed by atoms with Gasteiger partial charge in [0.25, 0.3) is 0 Å². The number of hydrogen-bond donors (Lipinski definition) is 0. The maximum Gasteiger partial charge on any atom is 0.178 e. The van der Waals surface area contributed by atoms with Crippen LogP contribution in [0.1, 0.15) is 17.5 Å². The van der Waals surface area contributed by atoms with Crippen LogP contribution in [0.25, 0.3) is 38.8 Å². The lowest BCUT2D eigenvalue weighted by molar-refractivity contribution is 0.597. The molecule has 8 heteroatoms. The summed E-state index contributed by atoms with van der Waals surface area (Å²) in [6.07, 6.45) is 3.65. The van der Waals surface area contributed by atoms with E-state index in [4.69, 9.17) is 5.10 Å². The molecule has 0 amide bonds. The fourth-order valence-corrected chi connectivity index (χ4v) is 5.52. The van der Waals surface area contributed by atoms with Crippen molar-refractivity contribution in [3.63, 3.8) is 0 Å². The molecule has 0 spiro atoms. The number of aromatic nitrogens is 3. The predicted octanol–water partition coefficient (Wildman–Crippen LogP) is 6.01. The Morgan fingerprint density at radius 1 is 1.03 bits per heavy atom. The van der Waals surface area contributed by atoms with Gasteiger partial charge in [-0.05, 0) is 42.5 Å². The van der Waals surface area contributed by atoms with Gasteiger partial charge in [-0.2, -0.15) is 10.4 Å². The summed E-state index contributed by atoms with van der Waals surface area (Å²) in [6.45, 7) is 1.62. The second kappa shape index (κ2) is 9.29. The third-order valence-corrected chi connectivity index (χ3v) is 8.39. The molecule has 5 rings (SSSR count). The molecular weight excluding hydrogens is 476 g/mol. The molecule has 0 bridgehead atoms. The highest BCUT2D eigenvalue weighted by molar-refractivity contribution is 7.91. The lowest BCUT2D eigenvalue weighted by Crippen LogP contribution is -2.03. The first-order chi connectivity index (χ1) is 17.0. The van der Waals surface area contributed by atoms with Crippen LogP contribution in [-0.4, -0.2) is 28.9 Å². The average Bonchev–Trinajstić information content (AvgIpc) is 3.52. The molecule has 0 fully saturated rings. The van der Waals surface area contributed by atoms with E-state index in [1.807, 2.05) is 60.8 Å². The number of allylic oxidation sites excluding steroid dienone is 1. The van der Waals surface area contributed by atoms with E-state index < -0.39 is 9.84 Å². The summed E-state index contributed by atoms with van der Waals surface area (Å²) in [6, 6.07) is 26.4. The molecule has 0 N–H and O–H groups in total. The number of para-hydroxylation sites is 2. The van der Waals surface area contributed by atoms with Gasteiger partial charge in [0.05, 0.1) is 37.8 Å². The van der Waals surface area contributed by atoms with Crippen molar-refractivity contribution < 1.29 is 8.42 Å². The number of nitrogens with zero attached hydrogens (tertiary/aromatic N) is 4. The Labute approximate surface area is 207 Å². The third kappa shape index (κ3) is 4.52. The van der Waals surface area contributed by atoms with Crippen molar-refractivity contribution in [2.45, 2.75) is 11.8 Å². The first-order valence-corrected chi connectivity index (χ1v) is 13.4. The van der Waals surface area contributed by atoms with Crippen LogP contribution >= 0.6 is 11.3 Å². The van der Waals surface area contributed by atoms with Crippen molar-refractivity contribution in [3.8, 4) is 23.0 Å². The van der Waals surface area contributed by atoms with Gasteiger partial charge in [-0.1, -0.05) is 49.4 Å². The van der Waals surface area contributed by atoms with E-state index in [1.54, 1.807) is 41.9 Å². The summed E-state index contributed by atoms with van der Waals surface area (Å²) in [4.78, 5) is 4.90. The maximum absolute atomic E-state index is 12.2. The number of benzene rings is 3. The Morgan fingerprint density at radius 3 is 2.43 bits per heavy atom. The van der Waals surface area contributed by atoms with Gasteiger partial charge in [0.15, 0.2) is 9.84 Å². The van der Waals surface area contributed by atoms with Crippen molar-refractivity contribution in [3.05, 3.63) is 95.6 Å². The van der Waals surface area contributed by atoms with Crippen molar-refractivity contribution >= 4 is 43.0 Å². The Morgan fingerprint density at radius 2 is 1.74 bits per heavy atom. The van der Waals surface area contributed by atoms with E-state index in [0.29, 0.717) is 16.3 Å². The molecule has 2 heterocycles. The van der Waals surface area contributed by atoms with Crippen molar-refractivity contribution in [2.24, 2.45) is 0 Å². The molecule has 0 aliphatic rings. The molecule has 0 aliphatic heterocycles. The Kier molecular flexibility index (Phi) is 6.03. The standard InChI is InChI=1S/C27H20N4O2S2/c1-2-35(32,33)23-14-12-19(13-15-23)26-21(18-31(30-26)22-8-4-3-5-9-22)16-20(17-28)27-29-24-10-6-7-11-25(24)34-27/h3-16,18H,2H2,1H3. The molecule has 3 aromatic carbocycles. The summed E-state index contributed by atoms with van der Waals surface area (Å²) in [7, 11) is -3.30. The summed E-state index contributed by atoms with van der Waals surface area (Å²) in [5.41, 5.74) is 4.28. The number of nitriles is 1. The molecule has 0 atom stereocenters. The Balaban J connectivity index is 1.64. The summed E-state index contributed by atoms with van der Waals surface area (Å²) in [5, 5.41) is 15.4. The zero-order valence-electron chi connectivity index (χ0n) is 18.8. The molecule has 0 unspecified atom stereocenters. The number of rotatable bonds is 6. The molecule has 0 aliphatic carbocycles. The lowest BCUT2D eigenvalue weighted by Gasteiger charge is -2.04. The third-order valence-electron chi connectivity index (χ3n) is 5.57. The largest absolute Gasteiger partial charge is 0.240 e. The van der Waals surface area contributed by atoms with Gasteiger partial charge in [0.1, 0.15) is 11.1 Å². The van der Waals surface area contributed by atoms with Gasteiger partial charge in [-0.25, -0.2) is 18.1 Å². The molecule has 0 radical (unpaired) electrons. The molecule has 2 aromatic heterocycles. The van der Waals surface area contributed by atoms with E-state index in [0.717, 1.165) is 27.0 Å².